The Kier molecular flexibility index (Phi) is 3.32. The first-order chi connectivity index (χ1) is 4.09. The average Bonchev–Trinajstić information content (AvgIpc) is 1.84. The number of nitrogens with two attached hydrogens (primary N) is 1. The van der Waals surface area contributed by atoms with E-state index in [0.29, 0.717) is 6.04 Å². The van der Waals surface area contributed by atoms with Gasteiger partial charge in [-0.3, -0.25) is 0 Å². The fourth-order valence-corrected chi connectivity index (χ4v) is 0.548. The van der Waals surface area contributed by atoms with E-state index in [-0.39, 0.29) is 0 Å². The van der Waals surface area contributed by atoms with E-state index >= 15 is 0 Å². The van der Waals surface area contributed by atoms with Crippen molar-refractivity contribution in [3.05, 3.63) is 12.3 Å². The quantitative estimate of drug-likeness (QED) is 0.461. The van der Waals surface area contributed by atoms with E-state index < -0.39 is 0 Å². The fraction of sp³-hybridized carbons (Fsp3) is 0.714. The summed E-state index contributed by atoms with van der Waals surface area (Å²) in [7, 11) is 0. The van der Waals surface area contributed by atoms with E-state index in [9.17, 15) is 0 Å². The van der Waals surface area contributed by atoms with Crippen LogP contribution in [0.3, 0.4) is 0 Å². The Morgan fingerprint density at radius 3 is 2.22 bits per heavy atom. The van der Waals surface area contributed by atoms with Gasteiger partial charge >= 0.3 is 0 Å². The van der Waals surface area contributed by atoms with Gasteiger partial charge in [-0.15, -0.1) is 0 Å². The van der Waals surface area contributed by atoms with Gasteiger partial charge in [0, 0.05) is 11.7 Å². The fourth-order valence-electron chi connectivity index (χ4n) is 0.548. The summed E-state index contributed by atoms with van der Waals surface area (Å²) in [4.78, 5) is 0. The molecule has 0 aliphatic heterocycles. The topological polar surface area (TPSA) is 29.3 Å². The molecule has 0 fully saturated rings. The van der Waals surface area contributed by atoms with Crippen molar-refractivity contribution in [1.29, 1.82) is 0 Å². The van der Waals surface area contributed by atoms with Crippen molar-refractivity contribution < 1.29 is 0 Å². The maximum absolute atomic E-state index is 5.60. The molecule has 0 aromatic heterocycles. The standard InChI is InChI=1S/C7H16N2/c1-5-7(4)9(8)6(2)3/h6H,4-5,8H2,1-3H3. The lowest BCUT2D eigenvalue weighted by Crippen LogP contribution is -2.35. The smallest absolute Gasteiger partial charge is 0.0392 e. The van der Waals surface area contributed by atoms with Crippen LogP contribution in [0, 0.1) is 0 Å². The Morgan fingerprint density at radius 1 is 1.67 bits per heavy atom. The number of allylic oxidation sites excluding steroid dienone is 1. The molecule has 9 heavy (non-hydrogen) atoms. The van der Waals surface area contributed by atoms with Gasteiger partial charge in [0.2, 0.25) is 0 Å². The van der Waals surface area contributed by atoms with Gasteiger partial charge in [-0.2, -0.15) is 0 Å². The number of hydrogen-bond donors (Lipinski definition) is 1. The highest BCUT2D eigenvalue weighted by atomic mass is 15.4. The maximum atomic E-state index is 5.60. The van der Waals surface area contributed by atoms with E-state index in [1.165, 1.54) is 0 Å². The van der Waals surface area contributed by atoms with Gasteiger partial charge in [-0.1, -0.05) is 13.5 Å². The van der Waals surface area contributed by atoms with Crippen molar-refractivity contribution >= 4 is 0 Å². The minimum atomic E-state index is 0.359. The van der Waals surface area contributed by atoms with E-state index in [1.807, 2.05) is 20.8 Å². The predicted molar refractivity (Wildman–Crippen MR) is 40.6 cm³/mol. The number of nitrogens with zero attached hydrogens (tertiary/aromatic N) is 1. The van der Waals surface area contributed by atoms with Crippen LogP contribution < -0.4 is 5.84 Å². The third kappa shape index (κ3) is 2.51. The normalized spacial score (nSPS) is 9.89. The van der Waals surface area contributed by atoms with Gasteiger partial charge < -0.3 is 5.01 Å². The molecule has 0 rings (SSSR count). The lowest BCUT2D eigenvalue weighted by atomic mass is 10.3. The molecule has 0 bridgehead atoms. The van der Waals surface area contributed by atoms with Gasteiger partial charge in [0.05, 0.1) is 0 Å². The third-order valence-electron chi connectivity index (χ3n) is 1.33. The van der Waals surface area contributed by atoms with Crippen LogP contribution in [0.4, 0.5) is 0 Å². The number of hydrazine groups is 1. The van der Waals surface area contributed by atoms with Crippen molar-refractivity contribution in [1.82, 2.24) is 5.01 Å². The zero-order valence-corrected chi connectivity index (χ0v) is 6.52. The van der Waals surface area contributed by atoms with Crippen molar-refractivity contribution in [3.8, 4) is 0 Å². The second-order valence-corrected chi connectivity index (χ2v) is 2.42. The predicted octanol–water partition coefficient (Wildman–Crippen LogP) is 1.49. The molecule has 2 N–H and O–H groups in total. The molecule has 0 atom stereocenters. The van der Waals surface area contributed by atoms with Crippen LogP contribution in [0.25, 0.3) is 0 Å². The van der Waals surface area contributed by atoms with E-state index in [1.54, 1.807) is 5.01 Å². The second kappa shape index (κ2) is 3.51. The highest BCUT2D eigenvalue weighted by Crippen LogP contribution is 2.03. The van der Waals surface area contributed by atoms with Gasteiger partial charge in [0.1, 0.15) is 0 Å². The first-order valence-electron chi connectivity index (χ1n) is 3.31. The summed E-state index contributed by atoms with van der Waals surface area (Å²) in [5.74, 6) is 5.60. The number of hydrogen-bond acceptors (Lipinski definition) is 2. The van der Waals surface area contributed by atoms with E-state index in [4.69, 9.17) is 5.84 Å². The summed E-state index contributed by atoms with van der Waals surface area (Å²) in [6, 6.07) is 0.359. The molecule has 0 unspecified atom stereocenters. The summed E-state index contributed by atoms with van der Waals surface area (Å²) in [5, 5.41) is 1.69. The van der Waals surface area contributed by atoms with Crippen LogP contribution in [0.2, 0.25) is 0 Å². The minimum absolute atomic E-state index is 0.359. The highest BCUT2D eigenvalue weighted by Gasteiger charge is 2.02. The van der Waals surface area contributed by atoms with Gasteiger partial charge in [0.15, 0.2) is 0 Å². The first kappa shape index (κ1) is 8.50. The van der Waals surface area contributed by atoms with Crippen molar-refractivity contribution in [2.24, 2.45) is 5.84 Å². The Balaban J connectivity index is 3.72. The van der Waals surface area contributed by atoms with Gasteiger partial charge in [-0.05, 0) is 20.3 Å². The molecule has 0 heterocycles. The molecule has 0 radical (unpaired) electrons. The van der Waals surface area contributed by atoms with E-state index in [2.05, 4.69) is 6.58 Å². The molecular formula is C7H16N2. The molecule has 54 valence electrons. The molecular weight excluding hydrogens is 112 g/mol. The number of rotatable bonds is 3. The molecule has 0 amide bonds. The SMILES string of the molecule is C=C(CC)N(N)C(C)C. The Labute approximate surface area is 57.3 Å². The lowest BCUT2D eigenvalue weighted by molar-refractivity contribution is 0.287. The molecule has 2 heteroatoms. The Hall–Kier alpha value is -0.500. The molecule has 0 saturated carbocycles. The molecule has 0 aromatic carbocycles. The van der Waals surface area contributed by atoms with E-state index in [0.717, 1.165) is 12.1 Å². The summed E-state index contributed by atoms with van der Waals surface area (Å²) in [6.45, 7) is 9.93. The largest absolute Gasteiger partial charge is 0.313 e. The van der Waals surface area contributed by atoms with Crippen LogP contribution >= 0.6 is 0 Å². The minimum Gasteiger partial charge on any atom is -0.313 e. The third-order valence-corrected chi connectivity index (χ3v) is 1.33. The van der Waals surface area contributed by atoms with Crippen molar-refractivity contribution in [2.75, 3.05) is 0 Å². The molecule has 0 saturated heterocycles. The van der Waals surface area contributed by atoms with Crippen molar-refractivity contribution in [3.63, 3.8) is 0 Å². The Bertz CT molecular complexity index is 97.1. The van der Waals surface area contributed by atoms with Crippen molar-refractivity contribution in [2.45, 2.75) is 33.2 Å². The average molecular weight is 128 g/mol. The maximum Gasteiger partial charge on any atom is 0.0392 e. The first-order valence-corrected chi connectivity index (χ1v) is 3.31. The highest BCUT2D eigenvalue weighted by molar-refractivity contribution is 4.90. The van der Waals surface area contributed by atoms with Crippen LogP contribution in [0.5, 0.6) is 0 Å². The summed E-state index contributed by atoms with van der Waals surface area (Å²) >= 11 is 0. The van der Waals surface area contributed by atoms with Gasteiger partial charge in [0.25, 0.3) is 0 Å². The van der Waals surface area contributed by atoms with Gasteiger partial charge in [-0.25, -0.2) is 5.84 Å². The molecule has 0 spiro atoms. The van der Waals surface area contributed by atoms with Crippen LogP contribution in [0.15, 0.2) is 12.3 Å². The molecule has 0 aromatic rings. The summed E-state index contributed by atoms with van der Waals surface area (Å²) in [6.07, 6.45) is 0.925. The zero-order chi connectivity index (χ0) is 7.44. The molecule has 0 aliphatic rings. The molecule has 0 aliphatic carbocycles. The van der Waals surface area contributed by atoms with Crippen LogP contribution in [0.1, 0.15) is 27.2 Å². The summed E-state index contributed by atoms with van der Waals surface area (Å²) in [5.41, 5.74) is 0.991. The molecule has 2 nitrogen and oxygen atoms in total. The van der Waals surface area contributed by atoms with Crippen LogP contribution in [-0.2, 0) is 0 Å². The summed E-state index contributed by atoms with van der Waals surface area (Å²) < 4.78 is 0. The zero-order valence-electron chi connectivity index (χ0n) is 6.52. The monoisotopic (exact) mass is 128 g/mol. The van der Waals surface area contributed by atoms with Crippen LogP contribution in [-0.4, -0.2) is 11.1 Å². The Morgan fingerprint density at radius 2 is 2.11 bits per heavy atom. The second-order valence-electron chi connectivity index (χ2n) is 2.42. The lowest BCUT2D eigenvalue weighted by Gasteiger charge is -2.23.